The first-order valence-electron chi connectivity index (χ1n) is 9.66. The van der Waals surface area contributed by atoms with Gasteiger partial charge in [0, 0.05) is 18.7 Å². The van der Waals surface area contributed by atoms with E-state index in [4.69, 9.17) is 4.74 Å². The van der Waals surface area contributed by atoms with E-state index in [2.05, 4.69) is 35.3 Å². The summed E-state index contributed by atoms with van der Waals surface area (Å²) in [5.74, 6) is 0.945. The van der Waals surface area contributed by atoms with Crippen LogP contribution in [0.3, 0.4) is 0 Å². The number of unbranched alkanes of at least 4 members (excludes halogenated alkanes) is 1. The Morgan fingerprint density at radius 3 is 2.46 bits per heavy atom. The lowest BCUT2D eigenvalue weighted by Crippen LogP contribution is -2.36. The van der Waals surface area contributed by atoms with Gasteiger partial charge in [0.15, 0.2) is 0 Å². The highest BCUT2D eigenvalue weighted by atomic mass is 16.5. The first-order chi connectivity index (χ1) is 12.8. The first kappa shape index (κ1) is 18.7. The Balaban J connectivity index is 1.43. The molecule has 0 unspecified atom stereocenters. The molecule has 0 atom stereocenters. The summed E-state index contributed by atoms with van der Waals surface area (Å²) in [7, 11) is 0. The molecule has 0 saturated carbocycles. The second kappa shape index (κ2) is 10.1. The number of aliphatic hydroxyl groups excluding tert-OH is 1. The number of hydrogen-bond donors (Lipinski definition) is 1. The second-order valence-electron chi connectivity index (χ2n) is 6.91. The highest BCUT2D eigenvalue weighted by molar-refractivity contribution is 5.72. The minimum atomic E-state index is -0.0879. The van der Waals surface area contributed by atoms with Crippen LogP contribution in [0.4, 0.5) is 0 Å². The molecule has 0 radical (unpaired) electrons. The fraction of sp³-hybridized carbons (Fsp3) is 0.391. The van der Waals surface area contributed by atoms with E-state index in [1.807, 2.05) is 36.4 Å². The van der Waals surface area contributed by atoms with Crippen molar-refractivity contribution in [1.82, 2.24) is 4.90 Å². The van der Waals surface area contributed by atoms with Crippen LogP contribution in [-0.4, -0.2) is 42.4 Å². The number of nitrogens with zero attached hydrogens (tertiary/aromatic N) is 1. The molecule has 0 aliphatic carbocycles. The van der Waals surface area contributed by atoms with Crippen molar-refractivity contribution < 1.29 is 9.84 Å². The van der Waals surface area contributed by atoms with Crippen molar-refractivity contribution in [2.24, 2.45) is 0 Å². The van der Waals surface area contributed by atoms with Crippen LogP contribution in [0.15, 0.2) is 54.6 Å². The molecule has 26 heavy (non-hydrogen) atoms. The topological polar surface area (TPSA) is 32.7 Å². The van der Waals surface area contributed by atoms with Crippen LogP contribution in [0.1, 0.15) is 36.8 Å². The van der Waals surface area contributed by atoms with Gasteiger partial charge in [0.05, 0.1) is 12.7 Å². The number of ether oxygens (including phenoxy) is 1. The van der Waals surface area contributed by atoms with Gasteiger partial charge in [0.2, 0.25) is 0 Å². The summed E-state index contributed by atoms with van der Waals surface area (Å²) in [6.45, 7) is 3.89. The van der Waals surface area contributed by atoms with E-state index in [9.17, 15) is 5.11 Å². The molecule has 0 spiro atoms. The number of likely N-dealkylation sites (tertiary alicyclic amines) is 1. The molecule has 3 nitrogen and oxygen atoms in total. The van der Waals surface area contributed by atoms with Gasteiger partial charge in [-0.05, 0) is 43.9 Å². The second-order valence-corrected chi connectivity index (χ2v) is 6.91. The molecular formula is C23H29NO2. The lowest BCUT2D eigenvalue weighted by Gasteiger charge is -2.29. The van der Waals surface area contributed by atoms with Crippen LogP contribution in [0.25, 0.3) is 12.2 Å². The van der Waals surface area contributed by atoms with Crippen molar-refractivity contribution >= 4 is 12.2 Å². The van der Waals surface area contributed by atoms with Crippen molar-refractivity contribution in [2.45, 2.75) is 31.8 Å². The molecule has 1 saturated heterocycles. The van der Waals surface area contributed by atoms with Gasteiger partial charge in [-0.2, -0.15) is 0 Å². The Bertz CT molecular complexity index is 676. The minimum Gasteiger partial charge on any atom is -0.493 e. The van der Waals surface area contributed by atoms with Crippen LogP contribution in [-0.2, 0) is 0 Å². The normalized spacial score (nSPS) is 16.2. The predicted molar refractivity (Wildman–Crippen MR) is 108 cm³/mol. The largest absolute Gasteiger partial charge is 0.493 e. The molecule has 1 fully saturated rings. The van der Waals surface area contributed by atoms with Crippen LogP contribution >= 0.6 is 0 Å². The fourth-order valence-electron chi connectivity index (χ4n) is 3.26. The zero-order chi connectivity index (χ0) is 18.0. The maximum absolute atomic E-state index is 9.55. The molecule has 2 aromatic rings. The van der Waals surface area contributed by atoms with Gasteiger partial charge in [0.25, 0.3) is 0 Å². The van der Waals surface area contributed by atoms with E-state index in [1.54, 1.807) is 0 Å². The van der Waals surface area contributed by atoms with E-state index in [0.29, 0.717) is 0 Å². The van der Waals surface area contributed by atoms with Gasteiger partial charge in [-0.15, -0.1) is 0 Å². The van der Waals surface area contributed by atoms with Gasteiger partial charge >= 0.3 is 0 Å². The third kappa shape index (κ3) is 6.01. The summed E-state index contributed by atoms with van der Waals surface area (Å²) in [5.41, 5.74) is 2.30. The van der Waals surface area contributed by atoms with E-state index in [1.165, 1.54) is 5.56 Å². The Kier molecular flexibility index (Phi) is 7.29. The smallest absolute Gasteiger partial charge is 0.126 e. The molecule has 2 aromatic carbocycles. The molecular weight excluding hydrogens is 322 g/mol. The monoisotopic (exact) mass is 351 g/mol. The molecule has 3 heteroatoms. The quantitative estimate of drug-likeness (QED) is 0.562. The lowest BCUT2D eigenvalue weighted by atomic mass is 10.1. The first-order valence-corrected chi connectivity index (χ1v) is 9.66. The van der Waals surface area contributed by atoms with Crippen LogP contribution in [0.2, 0.25) is 0 Å². The fourth-order valence-corrected chi connectivity index (χ4v) is 3.26. The number of para-hydroxylation sites is 1. The maximum Gasteiger partial charge on any atom is 0.126 e. The SMILES string of the molecule is OC1CCN(CCCCOc2ccccc2/C=C/c2ccccc2)CC1. The van der Waals surface area contributed by atoms with Gasteiger partial charge in [-0.25, -0.2) is 0 Å². The number of piperidine rings is 1. The molecule has 1 heterocycles. The van der Waals surface area contributed by atoms with Crippen molar-refractivity contribution in [3.05, 3.63) is 65.7 Å². The number of aliphatic hydroxyl groups is 1. The molecule has 0 amide bonds. The summed E-state index contributed by atoms with van der Waals surface area (Å²) < 4.78 is 6.02. The summed E-state index contributed by atoms with van der Waals surface area (Å²) in [6, 6.07) is 18.5. The predicted octanol–water partition coefficient (Wildman–Crippen LogP) is 4.47. The van der Waals surface area contributed by atoms with E-state index in [0.717, 1.165) is 63.2 Å². The Labute approximate surface area is 156 Å². The maximum atomic E-state index is 9.55. The molecule has 0 bridgehead atoms. The number of benzene rings is 2. The molecule has 1 aliphatic heterocycles. The standard InChI is InChI=1S/C23H29NO2/c25-22-14-17-24(18-15-22)16-6-7-19-26-23-11-5-4-10-21(23)13-12-20-8-2-1-3-9-20/h1-5,8-13,22,25H,6-7,14-19H2/b13-12+. The van der Waals surface area contributed by atoms with Crippen molar-refractivity contribution in [3.8, 4) is 5.75 Å². The summed E-state index contributed by atoms with van der Waals surface area (Å²) in [5, 5.41) is 9.55. The summed E-state index contributed by atoms with van der Waals surface area (Å²) in [6.07, 6.45) is 8.16. The van der Waals surface area contributed by atoms with Gasteiger partial charge in [0.1, 0.15) is 5.75 Å². The average molecular weight is 351 g/mol. The molecule has 138 valence electrons. The molecule has 1 N–H and O–H groups in total. The third-order valence-corrected chi connectivity index (χ3v) is 4.86. The lowest BCUT2D eigenvalue weighted by molar-refractivity contribution is 0.0812. The zero-order valence-electron chi connectivity index (χ0n) is 15.4. The van der Waals surface area contributed by atoms with E-state index in [-0.39, 0.29) is 6.10 Å². The van der Waals surface area contributed by atoms with E-state index < -0.39 is 0 Å². The van der Waals surface area contributed by atoms with Crippen molar-refractivity contribution in [1.29, 1.82) is 0 Å². The number of hydrogen-bond acceptors (Lipinski definition) is 3. The highest BCUT2D eigenvalue weighted by Crippen LogP contribution is 2.21. The third-order valence-electron chi connectivity index (χ3n) is 4.86. The average Bonchev–Trinajstić information content (AvgIpc) is 2.69. The van der Waals surface area contributed by atoms with Crippen molar-refractivity contribution in [2.75, 3.05) is 26.2 Å². The van der Waals surface area contributed by atoms with Gasteiger partial charge in [-0.1, -0.05) is 60.7 Å². The van der Waals surface area contributed by atoms with E-state index >= 15 is 0 Å². The Morgan fingerprint density at radius 2 is 1.65 bits per heavy atom. The van der Waals surface area contributed by atoms with Crippen LogP contribution in [0.5, 0.6) is 5.75 Å². The molecule has 0 aromatic heterocycles. The minimum absolute atomic E-state index is 0.0879. The Morgan fingerprint density at radius 1 is 0.923 bits per heavy atom. The summed E-state index contributed by atoms with van der Waals surface area (Å²) >= 11 is 0. The number of rotatable bonds is 8. The molecule has 3 rings (SSSR count). The van der Waals surface area contributed by atoms with Crippen molar-refractivity contribution in [3.63, 3.8) is 0 Å². The molecule has 1 aliphatic rings. The summed E-state index contributed by atoms with van der Waals surface area (Å²) in [4.78, 5) is 2.45. The highest BCUT2D eigenvalue weighted by Gasteiger charge is 2.15. The van der Waals surface area contributed by atoms with Crippen LogP contribution < -0.4 is 4.74 Å². The zero-order valence-corrected chi connectivity index (χ0v) is 15.4. The van der Waals surface area contributed by atoms with Gasteiger partial charge in [-0.3, -0.25) is 0 Å². The Hall–Kier alpha value is -2.10. The van der Waals surface area contributed by atoms with Crippen LogP contribution in [0, 0.1) is 0 Å². The van der Waals surface area contributed by atoms with Gasteiger partial charge < -0.3 is 14.7 Å².